The minimum atomic E-state index is -0.324. The van der Waals surface area contributed by atoms with E-state index in [1.165, 1.54) is 12.4 Å². The Morgan fingerprint density at radius 1 is 1.11 bits per heavy atom. The summed E-state index contributed by atoms with van der Waals surface area (Å²) in [7, 11) is 0. The van der Waals surface area contributed by atoms with E-state index in [0.717, 1.165) is 38.4 Å². The third-order valence-corrected chi connectivity index (χ3v) is 4.50. The molecule has 8 nitrogen and oxygen atoms in total. The molecule has 0 radical (unpaired) electrons. The number of nitrogens with one attached hydrogen (secondary N) is 1. The number of hydrogen-bond donors (Lipinski definition) is 1. The molecule has 2 aromatic rings. The first-order valence-corrected chi connectivity index (χ1v) is 9.08. The van der Waals surface area contributed by atoms with E-state index in [-0.39, 0.29) is 23.1 Å². The van der Waals surface area contributed by atoms with E-state index in [1.807, 2.05) is 12.1 Å². The summed E-state index contributed by atoms with van der Waals surface area (Å²) in [6, 6.07) is 9.04. The van der Waals surface area contributed by atoms with Crippen molar-refractivity contribution >= 4 is 11.7 Å². The molecule has 0 saturated carbocycles. The molecule has 8 heteroatoms. The normalized spacial score (nSPS) is 14.2. The summed E-state index contributed by atoms with van der Waals surface area (Å²) in [6.45, 7) is 4.26. The van der Waals surface area contributed by atoms with Gasteiger partial charge in [-0.3, -0.25) is 14.5 Å². The van der Waals surface area contributed by atoms with E-state index in [2.05, 4.69) is 20.2 Å². The van der Waals surface area contributed by atoms with Gasteiger partial charge in [0.25, 0.3) is 5.91 Å². The van der Waals surface area contributed by atoms with Crippen molar-refractivity contribution in [2.75, 3.05) is 32.8 Å². The molecule has 1 amide bonds. The molecule has 3 rings (SSSR count). The molecule has 1 aliphatic rings. The molecule has 0 atom stereocenters. The molecule has 1 aliphatic heterocycles. The highest BCUT2D eigenvalue weighted by molar-refractivity contribution is 5.96. The van der Waals surface area contributed by atoms with E-state index in [9.17, 15) is 9.59 Å². The van der Waals surface area contributed by atoms with Gasteiger partial charge in [-0.05, 0) is 5.56 Å². The minimum Gasteiger partial charge on any atom is -0.379 e. The van der Waals surface area contributed by atoms with Crippen LogP contribution in [0.4, 0.5) is 0 Å². The number of carbonyl (C=O) groups excluding carboxylic acids is 2. The van der Waals surface area contributed by atoms with Gasteiger partial charge in [-0.1, -0.05) is 24.3 Å². The molecule has 1 aromatic heterocycles. The van der Waals surface area contributed by atoms with Crippen LogP contribution in [0.1, 0.15) is 38.5 Å². The summed E-state index contributed by atoms with van der Waals surface area (Å²) >= 11 is 0. The number of benzene rings is 1. The molecule has 1 saturated heterocycles. The Morgan fingerprint density at radius 3 is 2.43 bits per heavy atom. The van der Waals surface area contributed by atoms with E-state index in [0.29, 0.717) is 18.5 Å². The number of carbonyl (C=O) groups is 2. The Balaban J connectivity index is 1.47. The van der Waals surface area contributed by atoms with Crippen LogP contribution in [0.3, 0.4) is 0 Å². The summed E-state index contributed by atoms with van der Waals surface area (Å²) < 4.78 is 5.31. The van der Waals surface area contributed by atoms with Gasteiger partial charge in [0.2, 0.25) is 5.82 Å². The molecule has 0 aliphatic carbocycles. The lowest BCUT2D eigenvalue weighted by molar-refractivity contribution is 0.0370. The number of ether oxygens (including phenoxy) is 1. The summed E-state index contributed by atoms with van der Waals surface area (Å²) in [5.41, 5.74) is 1.84. The minimum absolute atomic E-state index is 0.0189. The van der Waals surface area contributed by atoms with E-state index < -0.39 is 0 Å². The van der Waals surface area contributed by atoms with E-state index >= 15 is 0 Å². The van der Waals surface area contributed by atoms with Gasteiger partial charge < -0.3 is 10.1 Å². The maximum Gasteiger partial charge on any atom is 0.254 e. The van der Waals surface area contributed by atoms with Gasteiger partial charge in [0.05, 0.1) is 18.8 Å². The topological polar surface area (TPSA) is 108 Å². The quantitative estimate of drug-likeness (QED) is 0.720. The van der Waals surface area contributed by atoms with Crippen LogP contribution in [-0.4, -0.2) is 59.4 Å². The third kappa shape index (κ3) is 5.42. The first-order valence-electron chi connectivity index (χ1n) is 9.08. The van der Waals surface area contributed by atoms with E-state index in [1.54, 1.807) is 18.2 Å². The Bertz CT molecular complexity index is 853. The Morgan fingerprint density at radius 2 is 1.79 bits per heavy atom. The molecular weight excluding hydrogens is 358 g/mol. The fourth-order valence-electron chi connectivity index (χ4n) is 2.82. The van der Waals surface area contributed by atoms with Crippen LogP contribution in [0.15, 0.2) is 36.7 Å². The van der Waals surface area contributed by atoms with Crippen molar-refractivity contribution in [2.24, 2.45) is 0 Å². The summed E-state index contributed by atoms with van der Waals surface area (Å²) in [5, 5.41) is 11.4. The number of rotatable bonds is 7. The predicted octanol–water partition coefficient (Wildman–Crippen LogP) is 1.18. The van der Waals surface area contributed by atoms with E-state index in [4.69, 9.17) is 10.00 Å². The highest BCUT2D eigenvalue weighted by atomic mass is 16.5. The van der Waals surface area contributed by atoms with Crippen molar-refractivity contribution in [1.29, 1.82) is 5.26 Å². The molecule has 1 aromatic carbocycles. The highest BCUT2D eigenvalue weighted by Gasteiger charge is 2.13. The number of nitriles is 1. The average Bonchev–Trinajstić information content (AvgIpc) is 2.77. The molecule has 2 heterocycles. The van der Waals surface area contributed by atoms with Crippen LogP contribution in [0.2, 0.25) is 0 Å². The second-order valence-corrected chi connectivity index (χ2v) is 6.41. The summed E-state index contributed by atoms with van der Waals surface area (Å²) in [6.07, 6.45) is 3.11. The SMILES string of the molecule is N#Cc1ncc(C(=O)NCc2ccc(C(=O)CCN3CCOCC3)cc2)cn1. The molecule has 0 bridgehead atoms. The van der Waals surface area contributed by atoms with Crippen molar-refractivity contribution in [3.63, 3.8) is 0 Å². The lowest BCUT2D eigenvalue weighted by atomic mass is 10.1. The molecule has 28 heavy (non-hydrogen) atoms. The fourth-order valence-corrected chi connectivity index (χ4v) is 2.82. The van der Waals surface area contributed by atoms with Crippen LogP contribution in [-0.2, 0) is 11.3 Å². The number of Topliss-reactive ketones (excluding diaryl/α,β-unsaturated/α-hetero) is 1. The molecule has 0 unspecified atom stereocenters. The van der Waals surface area contributed by atoms with Crippen LogP contribution < -0.4 is 5.32 Å². The second kappa shape index (κ2) is 9.69. The maximum absolute atomic E-state index is 12.3. The van der Waals surface area contributed by atoms with Crippen molar-refractivity contribution in [3.8, 4) is 6.07 Å². The van der Waals surface area contributed by atoms with Crippen molar-refractivity contribution < 1.29 is 14.3 Å². The number of hydrogen-bond acceptors (Lipinski definition) is 7. The Hall–Kier alpha value is -3.15. The average molecular weight is 379 g/mol. The Kier molecular flexibility index (Phi) is 6.78. The molecule has 0 spiro atoms. The smallest absolute Gasteiger partial charge is 0.254 e. The number of amides is 1. The zero-order valence-electron chi connectivity index (χ0n) is 15.4. The highest BCUT2D eigenvalue weighted by Crippen LogP contribution is 2.09. The van der Waals surface area contributed by atoms with Crippen molar-refractivity contribution in [1.82, 2.24) is 20.2 Å². The van der Waals surface area contributed by atoms with Gasteiger partial charge in [-0.25, -0.2) is 9.97 Å². The number of aromatic nitrogens is 2. The monoisotopic (exact) mass is 379 g/mol. The summed E-state index contributed by atoms with van der Waals surface area (Å²) in [4.78, 5) is 34.2. The van der Waals surface area contributed by atoms with Crippen molar-refractivity contribution in [3.05, 3.63) is 59.2 Å². The third-order valence-electron chi connectivity index (χ3n) is 4.50. The number of nitrogens with zero attached hydrogens (tertiary/aromatic N) is 4. The molecular formula is C20H21N5O3. The van der Waals surface area contributed by atoms with Gasteiger partial charge in [-0.2, -0.15) is 5.26 Å². The standard InChI is InChI=1S/C20H21N5O3/c21-11-19-22-13-17(14-23-19)20(27)24-12-15-1-3-16(4-2-15)18(26)5-6-25-7-9-28-10-8-25/h1-4,13-14H,5-10,12H2,(H,24,27). The van der Waals surface area contributed by atoms with Crippen LogP contribution in [0, 0.1) is 11.3 Å². The van der Waals surface area contributed by atoms with Crippen molar-refractivity contribution in [2.45, 2.75) is 13.0 Å². The molecule has 144 valence electrons. The van der Waals surface area contributed by atoms with Crippen LogP contribution in [0.5, 0.6) is 0 Å². The largest absolute Gasteiger partial charge is 0.379 e. The zero-order chi connectivity index (χ0) is 19.8. The first kappa shape index (κ1) is 19.6. The second-order valence-electron chi connectivity index (χ2n) is 6.41. The van der Waals surface area contributed by atoms with Gasteiger partial charge in [-0.15, -0.1) is 0 Å². The van der Waals surface area contributed by atoms with Gasteiger partial charge >= 0.3 is 0 Å². The zero-order valence-corrected chi connectivity index (χ0v) is 15.4. The van der Waals surface area contributed by atoms with Gasteiger partial charge in [0.15, 0.2) is 5.78 Å². The molecule has 1 N–H and O–H groups in total. The van der Waals surface area contributed by atoms with Gasteiger partial charge in [0, 0.05) is 50.6 Å². The Labute approximate surface area is 163 Å². The number of morpholine rings is 1. The summed E-state index contributed by atoms with van der Waals surface area (Å²) in [5.74, 6) is -0.197. The fraction of sp³-hybridized carbons (Fsp3) is 0.350. The number of ketones is 1. The predicted molar refractivity (Wildman–Crippen MR) is 101 cm³/mol. The first-order chi connectivity index (χ1) is 13.7. The van der Waals surface area contributed by atoms with Crippen LogP contribution in [0.25, 0.3) is 0 Å². The van der Waals surface area contributed by atoms with Crippen LogP contribution >= 0.6 is 0 Å². The lowest BCUT2D eigenvalue weighted by Crippen LogP contribution is -2.37. The lowest BCUT2D eigenvalue weighted by Gasteiger charge is -2.26. The van der Waals surface area contributed by atoms with Gasteiger partial charge in [0.1, 0.15) is 6.07 Å². The maximum atomic E-state index is 12.3. The molecule has 1 fully saturated rings.